The Morgan fingerprint density at radius 1 is 0.935 bits per heavy atom. The topological polar surface area (TPSA) is 46.6 Å². The normalized spacial score (nSPS) is 21.6. The van der Waals surface area contributed by atoms with Crippen molar-refractivity contribution in [2.24, 2.45) is 5.92 Å². The summed E-state index contributed by atoms with van der Waals surface area (Å²) in [6, 6.07) is 17.5. The number of imide groups is 1. The summed E-state index contributed by atoms with van der Waals surface area (Å²) in [7, 11) is 0. The minimum atomic E-state index is -0.145. The number of hydrogen-bond acceptors (Lipinski definition) is 3. The average Bonchev–Trinajstić information content (AvgIpc) is 3.05. The maximum atomic E-state index is 12.8. The van der Waals surface area contributed by atoms with Crippen molar-refractivity contribution in [3.05, 3.63) is 77.4 Å². The lowest BCUT2D eigenvalue weighted by molar-refractivity contribution is 0.0226. The molecule has 2 aromatic rings. The van der Waals surface area contributed by atoms with E-state index in [2.05, 4.69) is 44.2 Å². The zero-order valence-electron chi connectivity index (χ0n) is 18.4. The van der Waals surface area contributed by atoms with Crippen molar-refractivity contribution in [2.75, 3.05) is 6.61 Å². The van der Waals surface area contributed by atoms with E-state index in [9.17, 15) is 9.59 Å². The van der Waals surface area contributed by atoms with Gasteiger partial charge in [-0.25, -0.2) is 0 Å². The highest BCUT2D eigenvalue weighted by atomic mass is 16.5. The summed E-state index contributed by atoms with van der Waals surface area (Å²) < 4.78 is 6.30. The van der Waals surface area contributed by atoms with Gasteiger partial charge in [-0.05, 0) is 61.3 Å². The van der Waals surface area contributed by atoms with Crippen LogP contribution in [0.1, 0.15) is 72.2 Å². The Kier molecular flexibility index (Phi) is 6.67. The number of ether oxygens (including phenoxy) is 1. The van der Waals surface area contributed by atoms with Gasteiger partial charge in [-0.3, -0.25) is 14.5 Å². The summed E-state index contributed by atoms with van der Waals surface area (Å²) in [5, 5.41) is 0. The van der Waals surface area contributed by atoms with Gasteiger partial charge in [0.25, 0.3) is 11.8 Å². The molecule has 1 heterocycles. The van der Waals surface area contributed by atoms with Crippen molar-refractivity contribution in [1.29, 1.82) is 0 Å². The Morgan fingerprint density at radius 2 is 1.52 bits per heavy atom. The molecular formula is C27H31NO3. The molecule has 162 valence electrons. The molecule has 1 fully saturated rings. The molecule has 0 radical (unpaired) electrons. The molecule has 0 spiro atoms. The van der Waals surface area contributed by atoms with Crippen molar-refractivity contribution >= 4 is 17.4 Å². The van der Waals surface area contributed by atoms with Gasteiger partial charge in [0.2, 0.25) is 0 Å². The second kappa shape index (κ2) is 9.61. The SMILES string of the molecule is CC(C)CC=C(CO[C@H]1CC[C@H](N2C(=O)c3ccccc3C2=O)CC1)c1ccccc1. The molecule has 4 nitrogen and oxygen atoms in total. The fraction of sp³-hybridized carbons (Fsp3) is 0.407. The average molecular weight is 418 g/mol. The third-order valence-electron chi connectivity index (χ3n) is 6.29. The monoisotopic (exact) mass is 417 g/mol. The van der Waals surface area contributed by atoms with Crippen LogP contribution in [0.4, 0.5) is 0 Å². The summed E-state index contributed by atoms with van der Waals surface area (Å²) in [6.07, 6.45) is 6.82. The van der Waals surface area contributed by atoms with E-state index in [0.29, 0.717) is 23.7 Å². The number of fused-ring (bicyclic) bond motifs is 1. The molecule has 2 amide bonds. The third-order valence-corrected chi connectivity index (χ3v) is 6.29. The van der Waals surface area contributed by atoms with E-state index in [4.69, 9.17) is 4.74 Å². The molecule has 0 aromatic heterocycles. The first kappa shape index (κ1) is 21.5. The van der Waals surface area contributed by atoms with Gasteiger partial charge >= 0.3 is 0 Å². The van der Waals surface area contributed by atoms with E-state index in [1.807, 2.05) is 18.2 Å². The number of amides is 2. The van der Waals surface area contributed by atoms with Crippen LogP contribution in [0.2, 0.25) is 0 Å². The van der Waals surface area contributed by atoms with Crippen LogP contribution in [0.15, 0.2) is 60.7 Å². The predicted molar refractivity (Wildman–Crippen MR) is 123 cm³/mol. The molecule has 1 aliphatic heterocycles. The molecule has 2 aromatic carbocycles. The molecule has 4 rings (SSSR count). The van der Waals surface area contributed by atoms with Gasteiger partial charge in [0, 0.05) is 6.04 Å². The maximum Gasteiger partial charge on any atom is 0.261 e. The van der Waals surface area contributed by atoms with Gasteiger partial charge in [-0.1, -0.05) is 62.4 Å². The molecule has 1 saturated carbocycles. The van der Waals surface area contributed by atoms with Crippen LogP contribution in [0.5, 0.6) is 0 Å². The smallest absolute Gasteiger partial charge is 0.261 e. The van der Waals surface area contributed by atoms with Crippen LogP contribution in [0.25, 0.3) is 5.57 Å². The highest BCUT2D eigenvalue weighted by Crippen LogP contribution is 2.32. The summed E-state index contributed by atoms with van der Waals surface area (Å²) in [5.74, 6) is 0.315. The Hall–Kier alpha value is -2.72. The van der Waals surface area contributed by atoms with E-state index in [0.717, 1.165) is 32.1 Å². The van der Waals surface area contributed by atoms with E-state index >= 15 is 0 Å². The molecule has 2 aliphatic rings. The molecule has 0 unspecified atom stereocenters. The second-order valence-electron chi connectivity index (χ2n) is 8.99. The molecule has 31 heavy (non-hydrogen) atoms. The zero-order valence-corrected chi connectivity index (χ0v) is 18.4. The number of benzene rings is 2. The van der Waals surface area contributed by atoms with E-state index < -0.39 is 0 Å². The van der Waals surface area contributed by atoms with Crippen LogP contribution in [0.3, 0.4) is 0 Å². The van der Waals surface area contributed by atoms with Crippen molar-refractivity contribution < 1.29 is 14.3 Å². The lowest BCUT2D eigenvalue weighted by atomic mass is 9.91. The van der Waals surface area contributed by atoms with Gasteiger partial charge in [0.15, 0.2) is 0 Å². The number of allylic oxidation sites excluding steroid dienone is 1. The molecule has 1 aliphatic carbocycles. The van der Waals surface area contributed by atoms with Crippen molar-refractivity contribution in [1.82, 2.24) is 4.90 Å². The van der Waals surface area contributed by atoms with E-state index in [1.54, 1.807) is 12.1 Å². The lowest BCUT2D eigenvalue weighted by Crippen LogP contribution is -2.43. The largest absolute Gasteiger partial charge is 0.374 e. The lowest BCUT2D eigenvalue weighted by Gasteiger charge is -2.33. The number of hydrogen-bond donors (Lipinski definition) is 0. The molecule has 0 N–H and O–H groups in total. The standard InChI is InChI=1S/C27H31NO3/c1-19(2)12-13-21(20-8-4-3-5-9-20)18-31-23-16-14-22(15-17-23)28-26(29)24-10-6-7-11-25(24)27(28)30/h3-11,13,19,22-23H,12,14-18H2,1-2H3/t22-,23-. The first-order chi connectivity index (χ1) is 15.0. The second-order valence-corrected chi connectivity index (χ2v) is 8.99. The van der Waals surface area contributed by atoms with Gasteiger partial charge in [0.1, 0.15) is 0 Å². The predicted octanol–water partition coefficient (Wildman–Crippen LogP) is 5.74. The Labute approximate surface area is 184 Å². The molecule has 0 bridgehead atoms. The number of nitrogens with zero attached hydrogens (tertiary/aromatic N) is 1. The minimum Gasteiger partial charge on any atom is -0.374 e. The third kappa shape index (κ3) is 4.80. The van der Waals surface area contributed by atoms with Crippen molar-refractivity contribution in [3.8, 4) is 0 Å². The summed E-state index contributed by atoms with van der Waals surface area (Å²) in [4.78, 5) is 27.0. The fourth-order valence-electron chi connectivity index (χ4n) is 4.51. The first-order valence-corrected chi connectivity index (χ1v) is 11.4. The maximum absolute atomic E-state index is 12.8. The fourth-order valence-corrected chi connectivity index (χ4v) is 4.51. The quantitative estimate of drug-likeness (QED) is 0.540. The van der Waals surface area contributed by atoms with Crippen LogP contribution in [-0.2, 0) is 4.74 Å². The van der Waals surface area contributed by atoms with Crippen LogP contribution >= 0.6 is 0 Å². The van der Waals surface area contributed by atoms with Gasteiger partial charge in [-0.2, -0.15) is 0 Å². The summed E-state index contributed by atoms with van der Waals surface area (Å²) in [6.45, 7) is 5.04. The number of rotatable bonds is 7. The highest BCUT2D eigenvalue weighted by Gasteiger charge is 2.40. The molecule has 4 heteroatoms. The first-order valence-electron chi connectivity index (χ1n) is 11.4. The van der Waals surface area contributed by atoms with Gasteiger partial charge < -0.3 is 4.74 Å². The number of carbonyl (C=O) groups is 2. The van der Waals surface area contributed by atoms with Gasteiger partial charge in [0.05, 0.1) is 23.8 Å². The van der Waals surface area contributed by atoms with E-state index in [-0.39, 0.29) is 24.0 Å². The van der Waals surface area contributed by atoms with Crippen LogP contribution < -0.4 is 0 Å². The van der Waals surface area contributed by atoms with E-state index in [1.165, 1.54) is 16.0 Å². The summed E-state index contributed by atoms with van der Waals surface area (Å²) >= 11 is 0. The zero-order chi connectivity index (χ0) is 21.8. The molecule has 0 atom stereocenters. The highest BCUT2D eigenvalue weighted by molar-refractivity contribution is 6.21. The summed E-state index contributed by atoms with van der Waals surface area (Å²) in [5.41, 5.74) is 3.52. The van der Waals surface area contributed by atoms with Crippen LogP contribution in [0, 0.1) is 5.92 Å². The van der Waals surface area contributed by atoms with Crippen molar-refractivity contribution in [2.45, 2.75) is 58.1 Å². The van der Waals surface area contributed by atoms with Gasteiger partial charge in [-0.15, -0.1) is 0 Å². The minimum absolute atomic E-state index is 0.0303. The van der Waals surface area contributed by atoms with Crippen LogP contribution in [-0.4, -0.2) is 35.5 Å². The Bertz CT molecular complexity index is 920. The number of carbonyl (C=O) groups excluding carboxylic acids is 2. The Balaban J connectivity index is 1.34. The molecular weight excluding hydrogens is 386 g/mol. The Morgan fingerprint density at radius 3 is 2.10 bits per heavy atom. The molecule has 0 saturated heterocycles. The van der Waals surface area contributed by atoms with Crippen molar-refractivity contribution in [3.63, 3.8) is 0 Å².